The number of halogens is 1. The van der Waals surface area contributed by atoms with Crippen LogP contribution in [0.3, 0.4) is 0 Å². The van der Waals surface area contributed by atoms with E-state index in [9.17, 15) is 14.0 Å². The molecule has 0 aliphatic rings. The van der Waals surface area contributed by atoms with Crippen LogP contribution in [-0.4, -0.2) is 18.4 Å². The van der Waals surface area contributed by atoms with E-state index < -0.39 is 17.6 Å². The summed E-state index contributed by atoms with van der Waals surface area (Å²) in [7, 11) is 0. The summed E-state index contributed by atoms with van der Waals surface area (Å²) < 4.78 is 13.5. The summed E-state index contributed by atoms with van der Waals surface area (Å²) in [5.74, 6) is -1.51. The maximum Gasteiger partial charge on any atom is 0.244 e. The summed E-state index contributed by atoms with van der Waals surface area (Å²) in [5, 5.41) is 11.5. The molecular weight excluding hydrogens is 297 g/mol. The number of rotatable bonds is 4. The number of anilines is 2. The molecule has 0 spiro atoms. The van der Waals surface area contributed by atoms with Crippen molar-refractivity contribution in [3.8, 4) is 6.07 Å². The molecule has 2 rings (SSSR count). The Hall–Kier alpha value is -3.20. The topological polar surface area (TPSA) is 73.2 Å². The Labute approximate surface area is 133 Å². The van der Waals surface area contributed by atoms with Gasteiger partial charge in [0.15, 0.2) is 0 Å². The molecule has 116 valence electrons. The fourth-order valence-corrected chi connectivity index (χ4v) is 2.07. The fraction of sp³-hybridized carbons (Fsp3) is 0.118. The van der Waals surface area contributed by atoms with Gasteiger partial charge in [0.2, 0.25) is 11.8 Å². The van der Waals surface area contributed by atoms with Gasteiger partial charge in [0.05, 0.1) is 16.9 Å². The highest BCUT2D eigenvalue weighted by molar-refractivity contribution is 6.02. The molecule has 5 nitrogen and oxygen atoms in total. The first-order chi connectivity index (χ1) is 11.0. The summed E-state index contributed by atoms with van der Waals surface area (Å²) in [4.78, 5) is 25.1. The minimum absolute atomic E-state index is 0.0366. The van der Waals surface area contributed by atoms with Crippen molar-refractivity contribution >= 4 is 23.2 Å². The molecular formula is C17H14FN3O2. The van der Waals surface area contributed by atoms with E-state index in [0.29, 0.717) is 5.69 Å². The zero-order valence-corrected chi connectivity index (χ0v) is 12.4. The molecule has 23 heavy (non-hydrogen) atoms. The number of hydrogen-bond acceptors (Lipinski definition) is 3. The molecule has 0 aliphatic carbocycles. The second kappa shape index (κ2) is 7.18. The lowest BCUT2D eigenvalue weighted by molar-refractivity contribution is -0.120. The minimum Gasteiger partial charge on any atom is -0.322 e. The Morgan fingerprint density at radius 1 is 1.17 bits per heavy atom. The SMILES string of the molecule is CC(=O)N(CC(=O)Nc1ccccc1F)c1ccccc1C#N. The standard InChI is InChI=1S/C17H14FN3O2/c1-12(22)21(16-9-5-2-6-13(16)10-19)11-17(23)20-15-8-4-3-7-14(15)18/h2-9H,11H2,1H3,(H,20,23). The molecule has 6 heteroatoms. The van der Waals surface area contributed by atoms with Crippen molar-refractivity contribution in [3.63, 3.8) is 0 Å². The predicted molar refractivity (Wildman–Crippen MR) is 84.2 cm³/mol. The lowest BCUT2D eigenvalue weighted by atomic mass is 10.1. The van der Waals surface area contributed by atoms with Crippen LogP contribution in [-0.2, 0) is 9.59 Å². The first kappa shape index (κ1) is 16.2. The van der Waals surface area contributed by atoms with Gasteiger partial charge in [-0.2, -0.15) is 5.26 Å². The smallest absolute Gasteiger partial charge is 0.244 e. The van der Waals surface area contributed by atoms with E-state index in [-0.39, 0.29) is 17.8 Å². The number of nitrogens with one attached hydrogen (secondary N) is 1. The van der Waals surface area contributed by atoms with E-state index in [1.54, 1.807) is 30.3 Å². The van der Waals surface area contributed by atoms with Crippen LogP contribution in [0.15, 0.2) is 48.5 Å². The minimum atomic E-state index is -0.562. The van der Waals surface area contributed by atoms with Gasteiger partial charge < -0.3 is 10.2 Å². The highest BCUT2D eigenvalue weighted by atomic mass is 19.1. The lowest BCUT2D eigenvalue weighted by Gasteiger charge is -2.21. The van der Waals surface area contributed by atoms with Crippen LogP contribution in [0.4, 0.5) is 15.8 Å². The van der Waals surface area contributed by atoms with Crippen LogP contribution in [0.25, 0.3) is 0 Å². The van der Waals surface area contributed by atoms with Gasteiger partial charge in [-0.3, -0.25) is 9.59 Å². The van der Waals surface area contributed by atoms with Crippen LogP contribution < -0.4 is 10.2 Å². The number of para-hydroxylation sites is 2. The summed E-state index contributed by atoms with van der Waals surface area (Å²) in [6.45, 7) is 0.979. The van der Waals surface area contributed by atoms with Crippen molar-refractivity contribution in [2.24, 2.45) is 0 Å². The monoisotopic (exact) mass is 311 g/mol. The molecule has 0 saturated carbocycles. The second-order valence-electron chi connectivity index (χ2n) is 4.76. The number of hydrogen-bond donors (Lipinski definition) is 1. The molecule has 0 aromatic heterocycles. The third-order valence-electron chi connectivity index (χ3n) is 3.15. The van der Waals surface area contributed by atoms with Crippen molar-refractivity contribution in [3.05, 3.63) is 59.9 Å². The zero-order chi connectivity index (χ0) is 16.8. The summed E-state index contributed by atoms with van der Waals surface area (Å²) in [6.07, 6.45) is 0. The molecule has 0 radical (unpaired) electrons. The number of benzene rings is 2. The van der Waals surface area contributed by atoms with Crippen LogP contribution in [0.1, 0.15) is 12.5 Å². The quantitative estimate of drug-likeness (QED) is 0.943. The molecule has 0 saturated heterocycles. The molecule has 0 unspecified atom stereocenters. The largest absolute Gasteiger partial charge is 0.322 e. The molecule has 0 atom stereocenters. The van der Waals surface area contributed by atoms with Crippen LogP contribution >= 0.6 is 0 Å². The van der Waals surface area contributed by atoms with Gasteiger partial charge in [-0.15, -0.1) is 0 Å². The Kier molecular flexibility index (Phi) is 5.05. The van der Waals surface area contributed by atoms with Crippen molar-refractivity contribution in [2.45, 2.75) is 6.92 Å². The fourth-order valence-electron chi connectivity index (χ4n) is 2.07. The van der Waals surface area contributed by atoms with Crippen molar-refractivity contribution in [1.82, 2.24) is 0 Å². The van der Waals surface area contributed by atoms with Crippen molar-refractivity contribution in [1.29, 1.82) is 5.26 Å². The molecule has 0 fully saturated rings. The Bertz CT molecular complexity index is 783. The number of carbonyl (C=O) groups excluding carboxylic acids is 2. The first-order valence-corrected chi connectivity index (χ1v) is 6.84. The van der Waals surface area contributed by atoms with Crippen LogP contribution in [0, 0.1) is 17.1 Å². The Morgan fingerprint density at radius 3 is 2.48 bits per heavy atom. The average molecular weight is 311 g/mol. The second-order valence-corrected chi connectivity index (χ2v) is 4.76. The van der Waals surface area contributed by atoms with Gasteiger partial charge in [0.1, 0.15) is 18.4 Å². The maximum absolute atomic E-state index is 13.5. The van der Waals surface area contributed by atoms with Crippen molar-refractivity contribution < 1.29 is 14.0 Å². The van der Waals surface area contributed by atoms with E-state index >= 15 is 0 Å². The van der Waals surface area contributed by atoms with Gasteiger partial charge >= 0.3 is 0 Å². The molecule has 1 N–H and O–H groups in total. The predicted octanol–water partition coefficient (Wildman–Crippen LogP) is 2.69. The number of nitrogens with zero attached hydrogens (tertiary/aromatic N) is 2. The number of amides is 2. The van der Waals surface area contributed by atoms with E-state index in [1.807, 2.05) is 6.07 Å². The third-order valence-corrected chi connectivity index (χ3v) is 3.15. The number of carbonyl (C=O) groups is 2. The van der Waals surface area contributed by atoms with Crippen LogP contribution in [0.5, 0.6) is 0 Å². The third kappa shape index (κ3) is 3.92. The molecule has 2 aromatic carbocycles. The molecule has 0 heterocycles. The molecule has 0 aliphatic heterocycles. The normalized spacial score (nSPS) is 9.78. The molecule has 0 bridgehead atoms. The van der Waals surface area contributed by atoms with Crippen LogP contribution in [0.2, 0.25) is 0 Å². The summed E-state index contributed by atoms with van der Waals surface area (Å²) in [5.41, 5.74) is 0.655. The van der Waals surface area contributed by atoms with E-state index in [4.69, 9.17) is 5.26 Å². The summed E-state index contributed by atoms with van der Waals surface area (Å²) >= 11 is 0. The van der Waals surface area contributed by atoms with E-state index in [0.717, 1.165) is 0 Å². The van der Waals surface area contributed by atoms with Gasteiger partial charge in [0.25, 0.3) is 0 Å². The number of nitriles is 1. The van der Waals surface area contributed by atoms with Gasteiger partial charge in [-0.1, -0.05) is 24.3 Å². The zero-order valence-electron chi connectivity index (χ0n) is 12.4. The molecule has 2 amide bonds. The summed E-state index contributed by atoms with van der Waals surface area (Å²) in [6, 6.07) is 14.2. The maximum atomic E-state index is 13.5. The van der Waals surface area contributed by atoms with E-state index in [2.05, 4.69) is 5.32 Å². The van der Waals surface area contributed by atoms with Crippen molar-refractivity contribution in [2.75, 3.05) is 16.8 Å². The Morgan fingerprint density at radius 2 is 1.83 bits per heavy atom. The van der Waals surface area contributed by atoms with Gasteiger partial charge in [-0.05, 0) is 24.3 Å². The van der Waals surface area contributed by atoms with Gasteiger partial charge in [0, 0.05) is 6.92 Å². The highest BCUT2D eigenvalue weighted by Crippen LogP contribution is 2.20. The Balaban J connectivity index is 2.20. The molecule has 2 aromatic rings. The highest BCUT2D eigenvalue weighted by Gasteiger charge is 2.19. The first-order valence-electron chi connectivity index (χ1n) is 6.84. The average Bonchev–Trinajstić information content (AvgIpc) is 2.54. The lowest BCUT2D eigenvalue weighted by Crippen LogP contribution is -2.37. The van der Waals surface area contributed by atoms with Gasteiger partial charge in [-0.25, -0.2) is 4.39 Å². The van der Waals surface area contributed by atoms with E-state index in [1.165, 1.54) is 30.0 Å².